The minimum Gasteiger partial charge on any atom is -0.344 e. The summed E-state index contributed by atoms with van der Waals surface area (Å²) in [6.45, 7) is 4.08. The van der Waals surface area contributed by atoms with Crippen molar-refractivity contribution in [3.63, 3.8) is 0 Å². The maximum absolute atomic E-state index is 11.5. The number of nitriles is 1. The van der Waals surface area contributed by atoms with E-state index in [1.807, 2.05) is 32.2 Å². The minimum atomic E-state index is -3.37. The third-order valence-corrected chi connectivity index (χ3v) is 5.36. The molecule has 0 fully saturated rings. The topological polar surface area (TPSA) is 74.9 Å². The number of halogens is 2. The van der Waals surface area contributed by atoms with Crippen molar-refractivity contribution >= 4 is 49.8 Å². The van der Waals surface area contributed by atoms with E-state index >= 15 is 0 Å². The highest BCUT2D eigenvalue weighted by molar-refractivity contribution is 7.92. The Hall–Kier alpha value is -2.20. The van der Waals surface area contributed by atoms with Crippen LogP contribution in [0.5, 0.6) is 0 Å². The molecule has 0 aliphatic heterocycles. The van der Waals surface area contributed by atoms with Crippen molar-refractivity contribution in [3.05, 3.63) is 52.1 Å². The fourth-order valence-electron chi connectivity index (χ4n) is 3.02. The Morgan fingerprint density at radius 1 is 1.15 bits per heavy atom. The summed E-state index contributed by atoms with van der Waals surface area (Å²) in [4.78, 5) is 0. The average molecular weight is 422 g/mol. The molecular formula is C19H17Cl2N3O2S. The zero-order valence-electron chi connectivity index (χ0n) is 14.9. The van der Waals surface area contributed by atoms with Crippen LogP contribution in [-0.4, -0.2) is 19.2 Å². The highest BCUT2D eigenvalue weighted by Gasteiger charge is 2.16. The van der Waals surface area contributed by atoms with E-state index < -0.39 is 10.0 Å². The van der Waals surface area contributed by atoms with Gasteiger partial charge in [0.2, 0.25) is 10.0 Å². The summed E-state index contributed by atoms with van der Waals surface area (Å²) in [5, 5.41) is 10.7. The Labute approximate surface area is 168 Å². The van der Waals surface area contributed by atoms with Crippen LogP contribution in [0, 0.1) is 11.3 Å². The van der Waals surface area contributed by atoms with Gasteiger partial charge < -0.3 is 4.57 Å². The van der Waals surface area contributed by atoms with Crippen LogP contribution in [0.1, 0.15) is 25.5 Å². The number of hydrogen-bond donors (Lipinski definition) is 1. The van der Waals surface area contributed by atoms with Gasteiger partial charge >= 0.3 is 0 Å². The first-order valence-electron chi connectivity index (χ1n) is 8.12. The molecule has 0 unspecified atom stereocenters. The molecule has 3 rings (SSSR count). The van der Waals surface area contributed by atoms with E-state index in [2.05, 4.69) is 9.29 Å². The number of sulfonamides is 1. The lowest BCUT2D eigenvalue weighted by Gasteiger charge is -2.10. The number of hydrogen-bond acceptors (Lipinski definition) is 3. The molecule has 2 aromatic carbocycles. The van der Waals surface area contributed by atoms with Crippen molar-refractivity contribution in [3.8, 4) is 17.2 Å². The molecule has 140 valence electrons. The molecule has 0 atom stereocenters. The van der Waals surface area contributed by atoms with Crippen LogP contribution in [0.25, 0.3) is 22.0 Å². The van der Waals surface area contributed by atoms with E-state index in [1.54, 1.807) is 24.3 Å². The van der Waals surface area contributed by atoms with Crippen molar-refractivity contribution in [2.75, 3.05) is 11.0 Å². The molecule has 0 aliphatic carbocycles. The lowest BCUT2D eigenvalue weighted by atomic mass is 10.0. The van der Waals surface area contributed by atoms with Gasteiger partial charge in [-0.05, 0) is 43.7 Å². The standard InChI is InChI=1S/C19H17Cl2N3O2S/c1-11(2)24-10-16(12-6-17(20)15(9-22)18(21)7-12)14-5-4-13(8-19(14)24)23-27(3,25)26/h4-8,10-11,23H,1-3H3. The summed E-state index contributed by atoms with van der Waals surface area (Å²) in [7, 11) is -3.37. The van der Waals surface area contributed by atoms with Crippen molar-refractivity contribution in [2.45, 2.75) is 19.9 Å². The van der Waals surface area contributed by atoms with Gasteiger partial charge in [0.05, 0.1) is 33.1 Å². The van der Waals surface area contributed by atoms with E-state index in [0.29, 0.717) is 15.7 Å². The first-order chi connectivity index (χ1) is 12.6. The lowest BCUT2D eigenvalue weighted by molar-refractivity contribution is 0.607. The van der Waals surface area contributed by atoms with Gasteiger partial charge in [0, 0.05) is 23.2 Å². The predicted octanol–water partition coefficient (Wildman–Crippen LogP) is 5.44. The third kappa shape index (κ3) is 3.91. The quantitative estimate of drug-likeness (QED) is 0.609. The van der Waals surface area contributed by atoms with E-state index in [4.69, 9.17) is 28.5 Å². The second-order valence-electron chi connectivity index (χ2n) is 6.58. The Kier molecular flexibility index (Phi) is 5.13. The Balaban J connectivity index is 2.25. The molecule has 0 aliphatic rings. The van der Waals surface area contributed by atoms with Crippen molar-refractivity contribution in [2.24, 2.45) is 0 Å². The van der Waals surface area contributed by atoms with Crippen LogP contribution in [0.4, 0.5) is 5.69 Å². The summed E-state index contributed by atoms with van der Waals surface area (Å²) in [5.41, 5.74) is 3.31. The highest BCUT2D eigenvalue weighted by Crippen LogP contribution is 2.37. The molecule has 5 nitrogen and oxygen atoms in total. The number of benzene rings is 2. The zero-order valence-corrected chi connectivity index (χ0v) is 17.2. The molecular weight excluding hydrogens is 405 g/mol. The highest BCUT2D eigenvalue weighted by atomic mass is 35.5. The van der Waals surface area contributed by atoms with Crippen molar-refractivity contribution < 1.29 is 8.42 Å². The molecule has 1 heterocycles. The smallest absolute Gasteiger partial charge is 0.229 e. The Bertz CT molecular complexity index is 1170. The summed E-state index contributed by atoms with van der Waals surface area (Å²) >= 11 is 12.4. The second-order valence-corrected chi connectivity index (χ2v) is 9.14. The molecule has 0 saturated heterocycles. The fourth-order valence-corrected chi connectivity index (χ4v) is 4.15. The SMILES string of the molecule is CC(C)n1cc(-c2cc(Cl)c(C#N)c(Cl)c2)c2ccc(NS(C)(=O)=O)cc21. The van der Waals surface area contributed by atoms with Crippen LogP contribution in [-0.2, 0) is 10.0 Å². The average Bonchev–Trinajstić information content (AvgIpc) is 2.92. The normalized spacial score (nSPS) is 11.7. The zero-order chi connectivity index (χ0) is 19.9. The van der Waals surface area contributed by atoms with Crippen LogP contribution in [0.2, 0.25) is 10.0 Å². The van der Waals surface area contributed by atoms with Crippen LogP contribution in [0.15, 0.2) is 36.5 Å². The summed E-state index contributed by atoms with van der Waals surface area (Å²) in [5.74, 6) is 0. The number of aromatic nitrogens is 1. The second kappa shape index (κ2) is 7.08. The molecule has 3 aromatic rings. The third-order valence-electron chi connectivity index (χ3n) is 4.16. The number of fused-ring (bicyclic) bond motifs is 1. The Morgan fingerprint density at radius 3 is 2.30 bits per heavy atom. The Morgan fingerprint density at radius 2 is 1.78 bits per heavy atom. The monoisotopic (exact) mass is 421 g/mol. The fraction of sp³-hybridized carbons (Fsp3) is 0.211. The number of anilines is 1. The summed E-state index contributed by atoms with van der Waals surface area (Å²) in [6.07, 6.45) is 3.10. The van der Waals surface area contributed by atoms with Gasteiger partial charge in [-0.25, -0.2) is 8.42 Å². The largest absolute Gasteiger partial charge is 0.344 e. The summed E-state index contributed by atoms with van der Waals surface area (Å²) in [6, 6.07) is 11.0. The summed E-state index contributed by atoms with van der Waals surface area (Å²) < 4.78 is 27.6. The molecule has 27 heavy (non-hydrogen) atoms. The van der Waals surface area contributed by atoms with Crippen LogP contribution < -0.4 is 4.72 Å². The van der Waals surface area contributed by atoms with E-state index in [9.17, 15) is 8.42 Å². The molecule has 0 saturated carbocycles. The number of nitrogens with zero attached hydrogens (tertiary/aromatic N) is 2. The van der Waals surface area contributed by atoms with E-state index in [1.165, 1.54) is 0 Å². The predicted molar refractivity (Wildman–Crippen MR) is 111 cm³/mol. The van der Waals surface area contributed by atoms with Gasteiger partial charge in [0.1, 0.15) is 6.07 Å². The molecule has 0 amide bonds. The molecule has 0 bridgehead atoms. The van der Waals surface area contributed by atoms with Gasteiger partial charge in [-0.2, -0.15) is 5.26 Å². The van der Waals surface area contributed by atoms with E-state index in [0.717, 1.165) is 28.3 Å². The number of rotatable bonds is 4. The maximum atomic E-state index is 11.5. The van der Waals surface area contributed by atoms with Crippen molar-refractivity contribution in [1.82, 2.24) is 4.57 Å². The molecule has 1 N–H and O–H groups in total. The van der Waals surface area contributed by atoms with Gasteiger partial charge in [-0.3, -0.25) is 4.72 Å². The molecule has 8 heteroatoms. The molecule has 1 aromatic heterocycles. The molecule has 0 radical (unpaired) electrons. The van der Waals surface area contributed by atoms with Gasteiger partial charge in [-0.1, -0.05) is 29.3 Å². The van der Waals surface area contributed by atoms with Crippen molar-refractivity contribution in [1.29, 1.82) is 5.26 Å². The maximum Gasteiger partial charge on any atom is 0.229 e. The first-order valence-corrected chi connectivity index (χ1v) is 10.8. The number of nitrogens with one attached hydrogen (secondary N) is 1. The molecule has 0 spiro atoms. The van der Waals surface area contributed by atoms with Gasteiger partial charge in [-0.15, -0.1) is 0 Å². The van der Waals surface area contributed by atoms with Gasteiger partial charge in [0.25, 0.3) is 0 Å². The lowest BCUT2D eigenvalue weighted by Crippen LogP contribution is -2.09. The van der Waals surface area contributed by atoms with Gasteiger partial charge in [0.15, 0.2) is 0 Å². The van der Waals surface area contributed by atoms with E-state index in [-0.39, 0.29) is 11.6 Å². The first kappa shape index (κ1) is 19.6. The van der Waals surface area contributed by atoms with Crippen LogP contribution in [0.3, 0.4) is 0 Å². The minimum absolute atomic E-state index is 0.152. The van der Waals surface area contributed by atoms with Crippen LogP contribution >= 0.6 is 23.2 Å².